The molecule has 0 radical (unpaired) electrons. The number of guanidine groups is 1. The number of anilines is 1. The van der Waals surface area contributed by atoms with Crippen molar-refractivity contribution in [2.75, 3.05) is 18.4 Å². The molecule has 2 aliphatic heterocycles. The highest BCUT2D eigenvalue weighted by Crippen LogP contribution is 2.34. The third kappa shape index (κ3) is 2.85. The molecule has 0 spiro atoms. The first-order valence-electron chi connectivity index (χ1n) is 9.07. The number of aryl methyl sites for hydroxylation is 1. The molecule has 1 saturated heterocycles. The second kappa shape index (κ2) is 6.42. The molecule has 1 aliphatic carbocycles. The average molecular weight is 327 g/mol. The van der Waals surface area contributed by atoms with E-state index in [1.54, 1.807) is 10.6 Å². The third-order valence-corrected chi connectivity index (χ3v) is 5.21. The number of allylic oxidation sites excluding steroid dienone is 2. The molecule has 1 N–H and O–H groups in total. The summed E-state index contributed by atoms with van der Waals surface area (Å²) in [4.78, 5) is 24.5. The van der Waals surface area contributed by atoms with Gasteiger partial charge in [0.1, 0.15) is 6.17 Å². The summed E-state index contributed by atoms with van der Waals surface area (Å²) in [5.74, 6) is 1.90. The predicted octanol–water partition coefficient (Wildman–Crippen LogP) is 2.67. The number of likely N-dealkylation sites (tertiary alicyclic amines) is 1. The number of aromatic nitrogens is 2. The first-order chi connectivity index (χ1) is 11.7. The van der Waals surface area contributed by atoms with Crippen LogP contribution in [0.3, 0.4) is 0 Å². The van der Waals surface area contributed by atoms with E-state index in [2.05, 4.69) is 27.4 Å². The smallest absolute Gasteiger partial charge is 0.256 e. The number of rotatable bonds is 1. The molecule has 3 aliphatic rings. The highest BCUT2D eigenvalue weighted by molar-refractivity contribution is 5.93. The van der Waals surface area contributed by atoms with Gasteiger partial charge in [-0.2, -0.15) is 0 Å². The van der Waals surface area contributed by atoms with Crippen molar-refractivity contribution in [2.24, 2.45) is 10.9 Å². The van der Waals surface area contributed by atoms with Crippen LogP contribution in [0.2, 0.25) is 0 Å². The van der Waals surface area contributed by atoms with Crippen LogP contribution in [-0.4, -0.2) is 33.5 Å². The molecule has 0 saturated carbocycles. The Bertz CT molecular complexity index is 729. The van der Waals surface area contributed by atoms with Gasteiger partial charge < -0.3 is 4.90 Å². The molecular formula is C18H25N5O. The number of nitrogens with zero attached hydrogens (tertiary/aromatic N) is 4. The number of aliphatic imine (C=N–C) groups is 1. The highest BCUT2D eigenvalue weighted by Gasteiger charge is 2.32. The van der Waals surface area contributed by atoms with Gasteiger partial charge in [-0.3, -0.25) is 14.7 Å². The van der Waals surface area contributed by atoms with E-state index in [0.29, 0.717) is 11.9 Å². The van der Waals surface area contributed by atoms with Gasteiger partial charge in [0, 0.05) is 30.8 Å². The minimum atomic E-state index is -0.149. The fourth-order valence-corrected chi connectivity index (χ4v) is 3.94. The Balaban J connectivity index is 1.74. The van der Waals surface area contributed by atoms with Crippen LogP contribution in [0.25, 0.3) is 0 Å². The quantitative estimate of drug-likeness (QED) is 0.806. The Morgan fingerprint density at radius 3 is 2.79 bits per heavy atom. The molecule has 24 heavy (non-hydrogen) atoms. The zero-order valence-corrected chi connectivity index (χ0v) is 14.2. The number of fused-ring (bicyclic) bond motifs is 1. The topological polar surface area (TPSA) is 62.5 Å². The summed E-state index contributed by atoms with van der Waals surface area (Å²) in [6.07, 6.45) is 11.1. The third-order valence-electron chi connectivity index (χ3n) is 5.21. The first-order valence-corrected chi connectivity index (χ1v) is 9.07. The summed E-state index contributed by atoms with van der Waals surface area (Å²) >= 11 is 0. The maximum atomic E-state index is 12.6. The second-order valence-corrected chi connectivity index (χ2v) is 7.01. The summed E-state index contributed by atoms with van der Waals surface area (Å²) in [5.41, 5.74) is 0.743. The van der Waals surface area contributed by atoms with Crippen LogP contribution in [0.15, 0.2) is 28.0 Å². The van der Waals surface area contributed by atoms with E-state index in [4.69, 9.17) is 4.99 Å². The van der Waals surface area contributed by atoms with Crippen molar-refractivity contribution in [3.8, 4) is 0 Å². The van der Waals surface area contributed by atoms with Crippen LogP contribution in [0.1, 0.15) is 50.4 Å². The van der Waals surface area contributed by atoms with E-state index in [1.807, 2.05) is 6.92 Å². The Kier molecular flexibility index (Phi) is 4.12. The van der Waals surface area contributed by atoms with Crippen LogP contribution >= 0.6 is 0 Å². The number of hydrogen-bond donors (Lipinski definition) is 1. The minimum absolute atomic E-state index is 0.00834. The zero-order chi connectivity index (χ0) is 16.5. The van der Waals surface area contributed by atoms with Crippen molar-refractivity contribution in [2.45, 2.75) is 51.6 Å². The Labute approximate surface area is 142 Å². The van der Waals surface area contributed by atoms with E-state index in [0.717, 1.165) is 44.0 Å². The number of nitrogens with one attached hydrogen (secondary N) is 1. The van der Waals surface area contributed by atoms with Gasteiger partial charge >= 0.3 is 0 Å². The monoisotopic (exact) mass is 327 g/mol. The summed E-state index contributed by atoms with van der Waals surface area (Å²) < 4.78 is 1.75. The van der Waals surface area contributed by atoms with Crippen molar-refractivity contribution in [3.63, 3.8) is 0 Å². The lowest BCUT2D eigenvalue weighted by atomic mass is 9.91. The van der Waals surface area contributed by atoms with Crippen LogP contribution in [0.5, 0.6) is 0 Å². The highest BCUT2D eigenvalue weighted by atomic mass is 16.1. The molecule has 6 nitrogen and oxygen atoms in total. The standard InChI is InChI=1S/C18H25N5O/c1-13-12-15(24)23-16(14-8-4-2-5-9-14)20-17(21-18(23)19-13)22-10-6-3-7-11-22/h2,4,12,14,16H,3,5-11H2,1H3,(H,19,20,21)/t14-,16+/m1/s1. The SMILES string of the molecule is Cc1cc(=O)n2c(n1)NC(N1CCCCC1)=N[C@@H]2[C@@H]1CC=CCC1. The van der Waals surface area contributed by atoms with Crippen LogP contribution in [-0.2, 0) is 0 Å². The molecule has 128 valence electrons. The Morgan fingerprint density at radius 2 is 2.04 bits per heavy atom. The normalized spacial score (nSPS) is 26.5. The van der Waals surface area contributed by atoms with Gasteiger partial charge in [0.05, 0.1) is 0 Å². The van der Waals surface area contributed by atoms with Gasteiger partial charge in [-0.25, -0.2) is 9.98 Å². The van der Waals surface area contributed by atoms with Gasteiger partial charge in [-0.05, 0) is 45.4 Å². The Morgan fingerprint density at radius 1 is 1.21 bits per heavy atom. The molecule has 0 aromatic carbocycles. The fraction of sp³-hybridized carbons (Fsp3) is 0.611. The molecule has 0 amide bonds. The van der Waals surface area contributed by atoms with Gasteiger partial charge in [0.2, 0.25) is 11.9 Å². The molecule has 1 fully saturated rings. The van der Waals surface area contributed by atoms with E-state index in [9.17, 15) is 4.79 Å². The second-order valence-electron chi connectivity index (χ2n) is 7.01. The molecule has 6 heteroatoms. The maximum absolute atomic E-state index is 12.6. The van der Waals surface area contributed by atoms with E-state index < -0.39 is 0 Å². The van der Waals surface area contributed by atoms with Gasteiger partial charge in [-0.1, -0.05) is 12.2 Å². The molecule has 0 unspecified atom stereocenters. The molecule has 4 rings (SSSR count). The van der Waals surface area contributed by atoms with Crippen molar-refractivity contribution < 1.29 is 0 Å². The van der Waals surface area contributed by atoms with Gasteiger partial charge in [0.25, 0.3) is 5.56 Å². The lowest BCUT2D eigenvalue weighted by Crippen LogP contribution is -2.46. The predicted molar refractivity (Wildman–Crippen MR) is 95.2 cm³/mol. The number of piperidine rings is 1. The first kappa shape index (κ1) is 15.4. The molecule has 0 bridgehead atoms. The molecule has 3 heterocycles. The summed E-state index contributed by atoms with van der Waals surface area (Å²) in [7, 11) is 0. The van der Waals surface area contributed by atoms with Crippen LogP contribution in [0, 0.1) is 12.8 Å². The summed E-state index contributed by atoms with van der Waals surface area (Å²) in [6, 6.07) is 1.61. The largest absolute Gasteiger partial charge is 0.343 e. The molecule has 2 atom stereocenters. The number of hydrogen-bond acceptors (Lipinski definition) is 5. The van der Waals surface area contributed by atoms with Crippen LogP contribution < -0.4 is 10.9 Å². The zero-order valence-electron chi connectivity index (χ0n) is 14.2. The van der Waals surface area contributed by atoms with Gasteiger partial charge in [0.15, 0.2) is 0 Å². The van der Waals surface area contributed by atoms with E-state index >= 15 is 0 Å². The van der Waals surface area contributed by atoms with Crippen molar-refractivity contribution in [1.82, 2.24) is 14.5 Å². The minimum Gasteiger partial charge on any atom is -0.343 e. The maximum Gasteiger partial charge on any atom is 0.256 e. The molecule has 1 aromatic rings. The lowest BCUT2D eigenvalue weighted by Gasteiger charge is -2.37. The van der Waals surface area contributed by atoms with E-state index in [1.165, 1.54) is 19.3 Å². The van der Waals surface area contributed by atoms with Crippen LogP contribution in [0.4, 0.5) is 5.95 Å². The van der Waals surface area contributed by atoms with Gasteiger partial charge in [-0.15, -0.1) is 0 Å². The molecular weight excluding hydrogens is 302 g/mol. The summed E-state index contributed by atoms with van der Waals surface area (Å²) in [6.45, 7) is 3.92. The van der Waals surface area contributed by atoms with Crippen molar-refractivity contribution in [3.05, 3.63) is 34.3 Å². The van der Waals surface area contributed by atoms with Crippen molar-refractivity contribution in [1.29, 1.82) is 0 Å². The fourth-order valence-electron chi connectivity index (χ4n) is 3.94. The summed E-state index contributed by atoms with van der Waals surface area (Å²) in [5, 5.41) is 3.33. The van der Waals surface area contributed by atoms with Crippen molar-refractivity contribution >= 4 is 11.9 Å². The molecule has 1 aromatic heterocycles. The Hall–Kier alpha value is -2.11. The average Bonchev–Trinajstić information content (AvgIpc) is 2.62. The van der Waals surface area contributed by atoms with E-state index in [-0.39, 0.29) is 11.7 Å². The lowest BCUT2D eigenvalue weighted by molar-refractivity contribution is 0.289.